The number of allylic oxidation sites excluding steroid dienone is 1. The molecule has 1 saturated heterocycles. The van der Waals surface area contributed by atoms with Gasteiger partial charge in [-0.25, -0.2) is 0 Å². The Morgan fingerprint density at radius 1 is 1.18 bits per heavy atom. The number of ether oxygens (including phenoxy) is 1. The Morgan fingerprint density at radius 3 is 2.82 bits per heavy atom. The summed E-state index contributed by atoms with van der Waals surface area (Å²) in [6, 6.07) is 0. The second-order valence-corrected chi connectivity index (χ2v) is 6.06. The molecule has 0 aromatic heterocycles. The summed E-state index contributed by atoms with van der Waals surface area (Å²) >= 11 is 0. The molecule has 1 aliphatic heterocycles. The lowest BCUT2D eigenvalue weighted by Crippen LogP contribution is -2.50. The van der Waals surface area contributed by atoms with Gasteiger partial charge in [-0.05, 0) is 38.5 Å². The highest BCUT2D eigenvalue weighted by Crippen LogP contribution is 2.55. The molecule has 0 bridgehead atoms. The van der Waals surface area contributed by atoms with Crippen molar-refractivity contribution in [3.8, 4) is 0 Å². The zero-order valence-corrected chi connectivity index (χ0v) is 10.5. The second kappa shape index (κ2) is 4.15. The number of fused-ring (bicyclic) bond motifs is 2. The summed E-state index contributed by atoms with van der Waals surface area (Å²) in [5, 5.41) is 0. The Balaban J connectivity index is 1.94. The van der Waals surface area contributed by atoms with Crippen LogP contribution in [0.4, 0.5) is 0 Å². The normalized spacial score (nSPS) is 42.1. The molecule has 1 heterocycles. The van der Waals surface area contributed by atoms with Crippen molar-refractivity contribution in [3.05, 3.63) is 12.2 Å². The van der Waals surface area contributed by atoms with E-state index in [0.29, 0.717) is 12.3 Å². The molecule has 2 nitrogen and oxygen atoms in total. The van der Waals surface area contributed by atoms with Gasteiger partial charge in [-0.15, -0.1) is 0 Å². The first-order chi connectivity index (χ1) is 8.22. The van der Waals surface area contributed by atoms with E-state index >= 15 is 0 Å². The fourth-order valence-electron chi connectivity index (χ4n) is 4.33. The van der Waals surface area contributed by atoms with E-state index in [4.69, 9.17) is 4.74 Å². The van der Waals surface area contributed by atoms with Crippen LogP contribution in [0.15, 0.2) is 12.2 Å². The maximum absolute atomic E-state index is 11.9. The minimum absolute atomic E-state index is 0.0243. The molecule has 2 heteroatoms. The van der Waals surface area contributed by atoms with E-state index in [9.17, 15) is 4.79 Å². The predicted molar refractivity (Wildman–Crippen MR) is 66.5 cm³/mol. The summed E-state index contributed by atoms with van der Waals surface area (Å²) in [6.45, 7) is 4.31. The highest BCUT2D eigenvalue weighted by atomic mass is 16.5. The summed E-state index contributed by atoms with van der Waals surface area (Å²) in [7, 11) is 0. The van der Waals surface area contributed by atoms with Gasteiger partial charge >= 0.3 is 5.97 Å². The molecule has 2 saturated carbocycles. The number of hydrogen-bond acceptors (Lipinski definition) is 2. The minimum Gasteiger partial charge on any atom is -0.462 e. The molecule has 1 spiro atoms. The van der Waals surface area contributed by atoms with Gasteiger partial charge < -0.3 is 4.74 Å². The number of rotatable bonds is 0. The van der Waals surface area contributed by atoms with E-state index in [1.165, 1.54) is 44.1 Å². The number of carbonyl (C=O) groups excluding carboxylic acids is 1. The van der Waals surface area contributed by atoms with E-state index in [0.717, 1.165) is 12.8 Å². The Bertz CT molecular complexity index is 347. The Labute approximate surface area is 103 Å². The molecule has 0 aromatic carbocycles. The first-order valence-electron chi connectivity index (χ1n) is 7.10. The van der Waals surface area contributed by atoms with Crippen molar-refractivity contribution in [2.75, 3.05) is 0 Å². The van der Waals surface area contributed by atoms with E-state index in [1.54, 1.807) is 0 Å². The van der Waals surface area contributed by atoms with Crippen LogP contribution in [0, 0.1) is 11.3 Å². The van der Waals surface area contributed by atoms with E-state index in [1.807, 2.05) is 0 Å². The van der Waals surface area contributed by atoms with Gasteiger partial charge in [0.2, 0.25) is 0 Å². The van der Waals surface area contributed by atoms with Gasteiger partial charge in [0, 0.05) is 11.3 Å². The van der Waals surface area contributed by atoms with Gasteiger partial charge in [0.15, 0.2) is 0 Å². The first kappa shape index (κ1) is 11.3. The molecule has 3 atom stereocenters. The van der Waals surface area contributed by atoms with Crippen LogP contribution in [0.3, 0.4) is 0 Å². The lowest BCUT2D eigenvalue weighted by Gasteiger charge is -2.52. The maximum Gasteiger partial charge on any atom is 0.306 e. The Morgan fingerprint density at radius 2 is 2.00 bits per heavy atom. The topological polar surface area (TPSA) is 26.3 Å². The van der Waals surface area contributed by atoms with Gasteiger partial charge in [0.05, 0.1) is 6.42 Å². The summed E-state index contributed by atoms with van der Waals surface area (Å²) in [4.78, 5) is 11.9. The van der Waals surface area contributed by atoms with Crippen molar-refractivity contribution in [2.24, 2.45) is 11.3 Å². The Kier molecular flexibility index (Phi) is 2.76. The van der Waals surface area contributed by atoms with E-state index < -0.39 is 0 Å². The lowest BCUT2D eigenvalue weighted by atomic mass is 9.56. The van der Waals surface area contributed by atoms with Crippen LogP contribution in [0.1, 0.15) is 57.8 Å². The SMILES string of the molecule is C=C1CCCCC12CC(=O)O[C@@H]1CCCC[C@H]12. The van der Waals surface area contributed by atoms with Crippen LogP contribution < -0.4 is 0 Å². The van der Waals surface area contributed by atoms with Crippen LogP contribution in [0.5, 0.6) is 0 Å². The molecule has 3 fully saturated rings. The van der Waals surface area contributed by atoms with E-state index in [2.05, 4.69) is 6.58 Å². The number of carbonyl (C=O) groups is 1. The van der Waals surface area contributed by atoms with Crippen molar-refractivity contribution in [1.29, 1.82) is 0 Å². The van der Waals surface area contributed by atoms with E-state index in [-0.39, 0.29) is 17.5 Å². The highest BCUT2D eigenvalue weighted by Gasteiger charge is 2.52. The molecule has 2 aliphatic carbocycles. The van der Waals surface area contributed by atoms with Gasteiger partial charge in [-0.3, -0.25) is 4.79 Å². The van der Waals surface area contributed by atoms with Crippen molar-refractivity contribution in [2.45, 2.75) is 63.9 Å². The second-order valence-electron chi connectivity index (χ2n) is 6.06. The summed E-state index contributed by atoms with van der Waals surface area (Å²) in [6.07, 6.45) is 10.4. The lowest BCUT2D eigenvalue weighted by molar-refractivity contribution is -0.174. The van der Waals surface area contributed by atoms with Crippen LogP contribution >= 0.6 is 0 Å². The molecular formula is C15H22O2. The third kappa shape index (κ3) is 1.73. The number of esters is 1. The molecule has 17 heavy (non-hydrogen) atoms. The van der Waals surface area contributed by atoms with Gasteiger partial charge in [0.1, 0.15) is 6.10 Å². The highest BCUT2D eigenvalue weighted by molar-refractivity contribution is 5.72. The summed E-state index contributed by atoms with van der Waals surface area (Å²) in [5.74, 6) is 0.595. The fraction of sp³-hybridized carbons (Fsp3) is 0.800. The monoisotopic (exact) mass is 234 g/mol. The van der Waals surface area contributed by atoms with Crippen molar-refractivity contribution in [3.63, 3.8) is 0 Å². The molecule has 0 N–H and O–H groups in total. The zero-order chi connectivity index (χ0) is 11.9. The van der Waals surface area contributed by atoms with Gasteiger partial charge in [-0.1, -0.05) is 25.0 Å². The third-order valence-corrected chi connectivity index (χ3v) is 5.21. The maximum atomic E-state index is 11.9. The van der Waals surface area contributed by atoms with Crippen LogP contribution in [-0.4, -0.2) is 12.1 Å². The molecular weight excluding hydrogens is 212 g/mol. The van der Waals surface area contributed by atoms with Gasteiger partial charge in [-0.2, -0.15) is 0 Å². The van der Waals surface area contributed by atoms with Crippen molar-refractivity contribution >= 4 is 5.97 Å². The molecule has 0 amide bonds. The minimum atomic E-state index is 0.0243. The largest absolute Gasteiger partial charge is 0.462 e. The van der Waals surface area contributed by atoms with Crippen LogP contribution in [0.2, 0.25) is 0 Å². The van der Waals surface area contributed by atoms with Crippen molar-refractivity contribution < 1.29 is 9.53 Å². The summed E-state index contributed by atoms with van der Waals surface area (Å²) < 4.78 is 5.59. The molecule has 3 aliphatic rings. The van der Waals surface area contributed by atoms with Crippen LogP contribution in [-0.2, 0) is 9.53 Å². The standard InChI is InChI=1S/C15H22O2/c1-11-6-4-5-9-15(11)10-14(16)17-13-8-3-2-7-12(13)15/h12-13H,1-10H2/t12-,13-,15?/m1/s1. The Hall–Kier alpha value is -0.790. The quantitative estimate of drug-likeness (QED) is 0.473. The first-order valence-corrected chi connectivity index (χ1v) is 7.10. The molecule has 0 aromatic rings. The average molecular weight is 234 g/mol. The number of hydrogen-bond donors (Lipinski definition) is 0. The fourth-order valence-corrected chi connectivity index (χ4v) is 4.33. The van der Waals surface area contributed by atoms with Crippen LogP contribution in [0.25, 0.3) is 0 Å². The van der Waals surface area contributed by atoms with Crippen molar-refractivity contribution in [1.82, 2.24) is 0 Å². The predicted octanol–water partition coefficient (Wildman–Crippen LogP) is 3.61. The zero-order valence-electron chi connectivity index (χ0n) is 10.5. The smallest absolute Gasteiger partial charge is 0.306 e. The molecule has 1 unspecified atom stereocenters. The summed E-state index contributed by atoms with van der Waals surface area (Å²) in [5.41, 5.74) is 1.45. The molecule has 3 rings (SSSR count). The average Bonchev–Trinajstić information content (AvgIpc) is 2.33. The van der Waals surface area contributed by atoms with Gasteiger partial charge in [0.25, 0.3) is 0 Å². The molecule has 0 radical (unpaired) electrons. The third-order valence-electron chi connectivity index (χ3n) is 5.21. The molecule has 94 valence electrons.